The lowest BCUT2D eigenvalue weighted by atomic mass is 9.81. The van der Waals surface area contributed by atoms with Crippen LogP contribution in [0.15, 0.2) is 18.2 Å². The van der Waals surface area contributed by atoms with Crippen LogP contribution in [0.4, 0.5) is 0 Å². The molecular weight excluding hydrogens is 390 g/mol. The summed E-state index contributed by atoms with van der Waals surface area (Å²) >= 11 is 1.72. The third kappa shape index (κ3) is 4.45. The van der Waals surface area contributed by atoms with Gasteiger partial charge in [0.2, 0.25) is 0 Å². The molecule has 156 valence electrons. The molecule has 0 amide bonds. The fraction of sp³-hybridized carbons (Fsp3) is 0.455. The van der Waals surface area contributed by atoms with E-state index in [-0.39, 0.29) is 11.7 Å². The molecule has 1 aromatic heterocycles. The monoisotopic (exact) mass is 417 g/mol. The Morgan fingerprint density at radius 3 is 2.72 bits per heavy atom. The molecule has 29 heavy (non-hydrogen) atoms. The van der Waals surface area contributed by atoms with E-state index in [2.05, 4.69) is 11.9 Å². The maximum absolute atomic E-state index is 12.9. The molecule has 1 aromatic carbocycles. The molecular formula is C22H27NO5S. The first-order valence-corrected chi connectivity index (χ1v) is 10.9. The predicted octanol–water partition coefficient (Wildman–Crippen LogP) is 4.16. The molecule has 1 aliphatic carbocycles. The molecule has 1 N–H and O–H groups in total. The maximum atomic E-state index is 12.9. The largest absolute Gasteiger partial charge is 0.497 e. The second-order valence-corrected chi connectivity index (χ2v) is 8.34. The van der Waals surface area contributed by atoms with Crippen LogP contribution in [0.1, 0.15) is 56.9 Å². The van der Waals surface area contributed by atoms with Crippen molar-refractivity contribution in [2.24, 2.45) is 0 Å². The molecule has 0 aliphatic heterocycles. The van der Waals surface area contributed by atoms with Crippen LogP contribution in [-0.4, -0.2) is 49.1 Å². The summed E-state index contributed by atoms with van der Waals surface area (Å²) in [4.78, 5) is 28.6. The number of H-pyrrole nitrogens is 1. The number of aromatic amines is 1. The predicted molar refractivity (Wildman–Crippen MR) is 114 cm³/mol. The van der Waals surface area contributed by atoms with E-state index in [1.807, 2.05) is 18.2 Å². The first-order chi connectivity index (χ1) is 14.0. The van der Waals surface area contributed by atoms with Gasteiger partial charge in [0, 0.05) is 34.9 Å². The minimum Gasteiger partial charge on any atom is -0.497 e. The smallest absolute Gasteiger partial charge is 0.355 e. The van der Waals surface area contributed by atoms with E-state index in [1.165, 1.54) is 0 Å². The topological polar surface area (TPSA) is 77.6 Å². The van der Waals surface area contributed by atoms with Crippen molar-refractivity contribution in [2.75, 3.05) is 32.3 Å². The highest BCUT2D eigenvalue weighted by Crippen LogP contribution is 2.40. The average molecular weight is 418 g/mol. The summed E-state index contributed by atoms with van der Waals surface area (Å²) in [6.45, 7) is 4.23. The van der Waals surface area contributed by atoms with Gasteiger partial charge in [-0.2, -0.15) is 11.8 Å². The zero-order chi connectivity index (χ0) is 21.0. The van der Waals surface area contributed by atoms with Crippen LogP contribution >= 0.6 is 11.8 Å². The van der Waals surface area contributed by atoms with E-state index < -0.39 is 5.97 Å². The fourth-order valence-corrected chi connectivity index (χ4v) is 4.32. The van der Waals surface area contributed by atoms with Crippen molar-refractivity contribution in [3.8, 4) is 11.5 Å². The summed E-state index contributed by atoms with van der Waals surface area (Å²) in [6, 6.07) is 5.60. The Bertz CT molecular complexity index is 905. The second kappa shape index (κ2) is 9.39. The number of aromatic nitrogens is 1. The van der Waals surface area contributed by atoms with Crippen molar-refractivity contribution in [3.63, 3.8) is 0 Å². The number of carbonyl (C=O) groups is 2. The Kier molecular flexibility index (Phi) is 6.90. The number of benzene rings is 1. The number of Topliss-reactive ketones (excluding diaryl/α,β-unsaturated/α-hetero) is 1. The zero-order valence-electron chi connectivity index (χ0n) is 17.3. The quantitative estimate of drug-likeness (QED) is 0.513. The van der Waals surface area contributed by atoms with E-state index in [0.29, 0.717) is 36.3 Å². The highest BCUT2D eigenvalue weighted by atomic mass is 32.2. The summed E-state index contributed by atoms with van der Waals surface area (Å²) in [6.07, 6.45) is 0.973. The van der Waals surface area contributed by atoms with Crippen molar-refractivity contribution >= 4 is 23.5 Å². The van der Waals surface area contributed by atoms with Crippen LogP contribution in [0.3, 0.4) is 0 Å². The molecule has 0 unspecified atom stereocenters. The second-order valence-electron chi connectivity index (χ2n) is 6.95. The van der Waals surface area contributed by atoms with Gasteiger partial charge in [-0.05, 0) is 42.9 Å². The van der Waals surface area contributed by atoms with Crippen LogP contribution in [0, 0.1) is 6.92 Å². The van der Waals surface area contributed by atoms with E-state index in [0.717, 1.165) is 34.3 Å². The highest BCUT2D eigenvalue weighted by molar-refractivity contribution is 7.99. The number of ketones is 1. The van der Waals surface area contributed by atoms with Gasteiger partial charge in [-0.25, -0.2) is 4.79 Å². The van der Waals surface area contributed by atoms with Crippen molar-refractivity contribution in [1.82, 2.24) is 4.98 Å². The number of thioether (sulfide) groups is 1. The number of ether oxygens (including phenoxy) is 3. The van der Waals surface area contributed by atoms with Gasteiger partial charge in [-0.1, -0.05) is 6.92 Å². The fourth-order valence-electron chi connectivity index (χ4n) is 3.83. The third-order valence-electron chi connectivity index (χ3n) is 5.23. The van der Waals surface area contributed by atoms with Gasteiger partial charge in [0.05, 0.1) is 14.2 Å². The van der Waals surface area contributed by atoms with Gasteiger partial charge < -0.3 is 19.2 Å². The van der Waals surface area contributed by atoms with Crippen LogP contribution in [0.5, 0.6) is 11.5 Å². The minimum atomic E-state index is -0.406. The maximum Gasteiger partial charge on any atom is 0.355 e. The van der Waals surface area contributed by atoms with E-state index in [4.69, 9.17) is 14.2 Å². The molecule has 1 heterocycles. The summed E-state index contributed by atoms with van der Waals surface area (Å²) in [5.74, 6) is 2.75. The van der Waals surface area contributed by atoms with Gasteiger partial charge in [0.15, 0.2) is 5.78 Å². The molecule has 1 atom stereocenters. The molecule has 2 aromatic rings. The summed E-state index contributed by atoms with van der Waals surface area (Å²) in [5, 5.41) is 0. The molecule has 0 bridgehead atoms. The van der Waals surface area contributed by atoms with Gasteiger partial charge in [0.1, 0.15) is 23.8 Å². The number of hydrogen-bond donors (Lipinski definition) is 1. The Labute approximate surface area is 175 Å². The molecule has 3 rings (SSSR count). The van der Waals surface area contributed by atoms with Gasteiger partial charge in [-0.15, -0.1) is 0 Å². The SMILES string of the molecule is CCSCCOC(=O)c1[nH]c2c(c1C)C(=O)C[C@H](c1cc(OC)ccc1OC)C2. The van der Waals surface area contributed by atoms with Gasteiger partial charge in [0.25, 0.3) is 0 Å². The Morgan fingerprint density at radius 2 is 2.03 bits per heavy atom. The normalized spacial score (nSPS) is 15.7. The third-order valence-corrected chi connectivity index (χ3v) is 6.10. The lowest BCUT2D eigenvalue weighted by Crippen LogP contribution is -2.19. The molecule has 0 fully saturated rings. The number of nitrogens with one attached hydrogen (secondary N) is 1. The van der Waals surface area contributed by atoms with Gasteiger partial charge in [-0.3, -0.25) is 4.79 Å². The number of methoxy groups -OCH3 is 2. The molecule has 0 radical (unpaired) electrons. The van der Waals surface area contributed by atoms with Crippen molar-refractivity contribution < 1.29 is 23.8 Å². The molecule has 1 aliphatic rings. The average Bonchev–Trinajstić information content (AvgIpc) is 3.07. The Morgan fingerprint density at radius 1 is 1.24 bits per heavy atom. The number of esters is 1. The molecule has 0 saturated heterocycles. The molecule has 6 nitrogen and oxygen atoms in total. The standard InChI is InChI=1S/C22H27NO5S/c1-5-29-9-8-28-22(25)21-13(2)20-17(23-21)10-14(11-18(20)24)16-12-15(26-3)6-7-19(16)27-4/h6-7,12,14,23H,5,8-11H2,1-4H3/t14-/m1/s1. The van der Waals surface area contributed by atoms with Crippen LogP contribution in [0.25, 0.3) is 0 Å². The summed E-state index contributed by atoms with van der Waals surface area (Å²) < 4.78 is 16.2. The van der Waals surface area contributed by atoms with Crippen molar-refractivity contribution in [2.45, 2.75) is 32.6 Å². The number of rotatable bonds is 8. The van der Waals surface area contributed by atoms with E-state index in [9.17, 15) is 9.59 Å². The summed E-state index contributed by atoms with van der Waals surface area (Å²) in [5.41, 5.74) is 3.39. The van der Waals surface area contributed by atoms with Gasteiger partial charge >= 0.3 is 5.97 Å². The summed E-state index contributed by atoms with van der Waals surface area (Å²) in [7, 11) is 3.23. The zero-order valence-corrected chi connectivity index (χ0v) is 18.1. The van der Waals surface area contributed by atoms with E-state index in [1.54, 1.807) is 32.9 Å². The number of fused-ring (bicyclic) bond motifs is 1. The molecule has 0 saturated carbocycles. The van der Waals surface area contributed by atoms with Crippen LogP contribution in [-0.2, 0) is 11.2 Å². The number of hydrogen-bond acceptors (Lipinski definition) is 6. The lowest BCUT2D eigenvalue weighted by molar-refractivity contribution is 0.0523. The van der Waals surface area contributed by atoms with Crippen LogP contribution in [0.2, 0.25) is 0 Å². The lowest BCUT2D eigenvalue weighted by Gasteiger charge is -2.24. The van der Waals surface area contributed by atoms with Crippen molar-refractivity contribution in [1.29, 1.82) is 0 Å². The molecule has 7 heteroatoms. The van der Waals surface area contributed by atoms with E-state index >= 15 is 0 Å². The first-order valence-electron chi connectivity index (χ1n) is 9.71. The van der Waals surface area contributed by atoms with Crippen molar-refractivity contribution in [3.05, 3.63) is 46.3 Å². The minimum absolute atomic E-state index is 0.0236. The number of carbonyl (C=O) groups excluding carboxylic acids is 2. The highest BCUT2D eigenvalue weighted by Gasteiger charge is 2.33. The molecule has 0 spiro atoms. The Hall–Kier alpha value is -2.41. The Balaban J connectivity index is 1.85. The first kappa shape index (κ1) is 21.3. The van der Waals surface area contributed by atoms with Crippen LogP contribution < -0.4 is 9.47 Å².